The van der Waals surface area contributed by atoms with Gasteiger partial charge in [0.05, 0.1) is 7.11 Å². The number of hydrogen-bond acceptors (Lipinski definition) is 8. The Kier molecular flexibility index (Phi) is 7.14. The summed E-state index contributed by atoms with van der Waals surface area (Å²) in [5, 5.41) is 8.36. The summed E-state index contributed by atoms with van der Waals surface area (Å²) in [4.78, 5) is 14.3. The van der Waals surface area contributed by atoms with Crippen molar-refractivity contribution in [2.75, 3.05) is 24.3 Å². The lowest BCUT2D eigenvalue weighted by Gasteiger charge is -2.21. The minimum atomic E-state index is -0.466. The lowest BCUT2D eigenvalue weighted by atomic mass is 9.89. The SMILES string of the molecule is COc1ccc(Nc2nc(NCC3CCCCC3)nc(OCc3cccs3)n2)cc1F. The molecule has 31 heavy (non-hydrogen) atoms. The molecule has 0 radical (unpaired) electrons. The van der Waals surface area contributed by atoms with E-state index in [0.29, 0.717) is 24.2 Å². The molecule has 0 unspecified atom stereocenters. The van der Waals surface area contributed by atoms with Gasteiger partial charge in [-0.1, -0.05) is 25.3 Å². The van der Waals surface area contributed by atoms with Crippen LogP contribution < -0.4 is 20.1 Å². The highest BCUT2D eigenvalue weighted by atomic mass is 32.1. The first-order chi connectivity index (χ1) is 15.2. The van der Waals surface area contributed by atoms with Gasteiger partial charge in [0.25, 0.3) is 0 Å². The van der Waals surface area contributed by atoms with Crippen LogP contribution >= 0.6 is 11.3 Å². The van der Waals surface area contributed by atoms with E-state index in [1.165, 1.54) is 45.3 Å². The largest absolute Gasteiger partial charge is 0.494 e. The number of hydrogen-bond donors (Lipinski definition) is 2. The highest BCUT2D eigenvalue weighted by molar-refractivity contribution is 7.09. The van der Waals surface area contributed by atoms with Crippen molar-refractivity contribution in [2.45, 2.75) is 38.7 Å². The molecule has 2 heterocycles. The van der Waals surface area contributed by atoms with Crippen molar-refractivity contribution < 1.29 is 13.9 Å². The van der Waals surface area contributed by atoms with Crippen molar-refractivity contribution in [1.82, 2.24) is 15.0 Å². The van der Waals surface area contributed by atoms with Crippen molar-refractivity contribution in [3.8, 4) is 11.8 Å². The van der Waals surface area contributed by atoms with Crippen LogP contribution in [0.25, 0.3) is 0 Å². The number of benzene rings is 1. The number of thiophene rings is 1. The van der Waals surface area contributed by atoms with Crippen LogP contribution in [0, 0.1) is 11.7 Å². The summed E-state index contributed by atoms with van der Waals surface area (Å²) in [5.41, 5.74) is 0.506. The number of nitrogens with zero attached hydrogens (tertiary/aromatic N) is 3. The van der Waals surface area contributed by atoms with E-state index >= 15 is 0 Å². The number of rotatable bonds is 9. The summed E-state index contributed by atoms with van der Waals surface area (Å²) in [5.74, 6) is 1.06. The van der Waals surface area contributed by atoms with E-state index in [4.69, 9.17) is 9.47 Å². The molecular formula is C22H26FN5O2S. The first kappa shape index (κ1) is 21.3. The number of nitrogens with one attached hydrogen (secondary N) is 2. The van der Waals surface area contributed by atoms with E-state index < -0.39 is 5.82 Å². The highest BCUT2D eigenvalue weighted by Crippen LogP contribution is 2.25. The number of ether oxygens (including phenoxy) is 2. The standard InChI is InChI=1S/C22H26FN5O2S/c1-29-19-10-9-16(12-18(19)23)25-21-26-20(24-13-15-6-3-2-4-7-15)27-22(28-21)30-14-17-8-5-11-31-17/h5,8-12,15H,2-4,6-7,13-14H2,1H3,(H2,24,25,26,27,28). The van der Waals surface area contributed by atoms with Crippen LogP contribution in [0.3, 0.4) is 0 Å². The highest BCUT2D eigenvalue weighted by Gasteiger charge is 2.15. The van der Waals surface area contributed by atoms with Crippen LogP contribution in [0.4, 0.5) is 22.0 Å². The molecule has 2 N–H and O–H groups in total. The molecule has 0 amide bonds. The van der Waals surface area contributed by atoms with Crippen molar-refractivity contribution >= 4 is 28.9 Å². The van der Waals surface area contributed by atoms with Gasteiger partial charge >= 0.3 is 6.01 Å². The minimum Gasteiger partial charge on any atom is -0.494 e. The first-order valence-corrected chi connectivity index (χ1v) is 11.3. The van der Waals surface area contributed by atoms with Gasteiger partial charge in [0.2, 0.25) is 11.9 Å². The van der Waals surface area contributed by atoms with Gasteiger partial charge in [0.1, 0.15) is 6.61 Å². The van der Waals surface area contributed by atoms with Gasteiger partial charge in [0.15, 0.2) is 11.6 Å². The molecule has 0 saturated heterocycles. The predicted octanol–water partition coefficient (Wildman–Crippen LogP) is 5.40. The Bertz CT molecular complexity index is 980. The number of aromatic nitrogens is 3. The van der Waals surface area contributed by atoms with Crippen LogP contribution in [0.1, 0.15) is 37.0 Å². The summed E-state index contributed by atoms with van der Waals surface area (Å²) in [6.45, 7) is 1.19. The normalized spacial score (nSPS) is 14.3. The second-order valence-corrected chi connectivity index (χ2v) is 8.52. The maximum atomic E-state index is 14.1. The number of halogens is 1. The van der Waals surface area contributed by atoms with Crippen LogP contribution in [0.5, 0.6) is 11.8 Å². The minimum absolute atomic E-state index is 0.177. The quantitative estimate of drug-likeness (QED) is 0.458. The molecule has 1 fully saturated rings. The molecule has 3 aromatic rings. The van der Waals surface area contributed by atoms with E-state index in [9.17, 15) is 4.39 Å². The molecule has 1 aromatic carbocycles. The molecule has 0 spiro atoms. The van der Waals surface area contributed by atoms with E-state index in [2.05, 4.69) is 25.6 Å². The van der Waals surface area contributed by atoms with Crippen molar-refractivity contribution in [3.63, 3.8) is 0 Å². The first-order valence-electron chi connectivity index (χ1n) is 10.5. The zero-order chi connectivity index (χ0) is 21.5. The van der Waals surface area contributed by atoms with Crippen molar-refractivity contribution in [2.24, 2.45) is 5.92 Å². The van der Waals surface area contributed by atoms with Gasteiger partial charge in [0, 0.05) is 23.2 Å². The summed E-state index contributed by atoms with van der Waals surface area (Å²) in [6.07, 6.45) is 6.30. The molecule has 1 aliphatic carbocycles. The summed E-state index contributed by atoms with van der Waals surface area (Å²) in [6, 6.07) is 8.77. The second kappa shape index (κ2) is 10.4. The fourth-order valence-electron chi connectivity index (χ4n) is 3.59. The average Bonchev–Trinajstić information content (AvgIpc) is 3.31. The van der Waals surface area contributed by atoms with E-state index in [1.807, 2.05) is 17.5 Å². The van der Waals surface area contributed by atoms with Gasteiger partial charge in [-0.3, -0.25) is 0 Å². The molecule has 164 valence electrons. The Hall–Kier alpha value is -2.94. The van der Waals surface area contributed by atoms with Gasteiger partial charge < -0.3 is 20.1 Å². The maximum Gasteiger partial charge on any atom is 0.323 e. The van der Waals surface area contributed by atoms with E-state index in [0.717, 1.165) is 11.4 Å². The molecule has 4 rings (SSSR count). The molecule has 0 aliphatic heterocycles. The molecule has 1 saturated carbocycles. The van der Waals surface area contributed by atoms with Crippen LogP contribution in [0.15, 0.2) is 35.7 Å². The van der Waals surface area contributed by atoms with Gasteiger partial charge in [-0.05, 0) is 42.3 Å². The monoisotopic (exact) mass is 443 g/mol. The topological polar surface area (TPSA) is 81.2 Å². The third-order valence-electron chi connectivity index (χ3n) is 5.22. The second-order valence-electron chi connectivity index (χ2n) is 7.49. The van der Waals surface area contributed by atoms with E-state index in [1.54, 1.807) is 23.5 Å². The third-order valence-corrected chi connectivity index (χ3v) is 6.07. The molecule has 2 aromatic heterocycles. The summed E-state index contributed by atoms with van der Waals surface area (Å²) in [7, 11) is 1.43. The van der Waals surface area contributed by atoms with Crippen molar-refractivity contribution in [3.05, 3.63) is 46.4 Å². The number of methoxy groups -OCH3 is 1. The lowest BCUT2D eigenvalue weighted by molar-refractivity contribution is 0.284. The summed E-state index contributed by atoms with van der Waals surface area (Å²) < 4.78 is 24.8. The van der Waals surface area contributed by atoms with Crippen LogP contribution in [0.2, 0.25) is 0 Å². The van der Waals surface area contributed by atoms with Crippen LogP contribution in [-0.4, -0.2) is 28.6 Å². The molecule has 9 heteroatoms. The Morgan fingerprint density at radius 3 is 2.68 bits per heavy atom. The maximum absolute atomic E-state index is 14.1. The van der Waals surface area contributed by atoms with Crippen LogP contribution in [-0.2, 0) is 6.61 Å². The van der Waals surface area contributed by atoms with Gasteiger partial charge in [-0.2, -0.15) is 15.0 Å². The van der Waals surface area contributed by atoms with Crippen molar-refractivity contribution in [1.29, 1.82) is 0 Å². The Balaban J connectivity index is 1.50. The molecule has 7 nitrogen and oxygen atoms in total. The molecular weight excluding hydrogens is 417 g/mol. The van der Waals surface area contributed by atoms with Gasteiger partial charge in [-0.25, -0.2) is 4.39 Å². The van der Waals surface area contributed by atoms with Gasteiger partial charge in [-0.15, -0.1) is 11.3 Å². The Labute approximate surface area is 185 Å². The fraction of sp³-hybridized carbons (Fsp3) is 0.409. The Morgan fingerprint density at radius 1 is 1.10 bits per heavy atom. The lowest BCUT2D eigenvalue weighted by Crippen LogP contribution is -2.19. The number of anilines is 3. The fourth-order valence-corrected chi connectivity index (χ4v) is 4.20. The average molecular weight is 444 g/mol. The zero-order valence-electron chi connectivity index (χ0n) is 17.4. The predicted molar refractivity (Wildman–Crippen MR) is 120 cm³/mol. The zero-order valence-corrected chi connectivity index (χ0v) is 18.3. The summed E-state index contributed by atoms with van der Waals surface area (Å²) >= 11 is 1.61. The third kappa shape index (κ3) is 6.04. The molecule has 1 aliphatic rings. The molecule has 0 bridgehead atoms. The smallest absolute Gasteiger partial charge is 0.323 e. The Morgan fingerprint density at radius 2 is 1.94 bits per heavy atom. The molecule has 0 atom stereocenters. The van der Waals surface area contributed by atoms with E-state index in [-0.39, 0.29) is 17.7 Å².